The molecule has 2 rings (SSSR count). The zero-order chi connectivity index (χ0) is 13.8. The van der Waals surface area contributed by atoms with Gasteiger partial charge in [-0.15, -0.1) is 0 Å². The number of methoxy groups -OCH3 is 2. The van der Waals surface area contributed by atoms with E-state index in [1.807, 2.05) is 6.07 Å². The molecule has 0 aliphatic rings. The molecule has 0 spiro atoms. The van der Waals surface area contributed by atoms with Crippen molar-refractivity contribution in [1.82, 2.24) is 4.98 Å². The maximum atomic E-state index is 6.04. The molecule has 0 radical (unpaired) electrons. The smallest absolute Gasteiger partial charge is 0.144 e. The number of aromatic nitrogens is 1. The molecular formula is C13H14ClN3O2. The Morgan fingerprint density at radius 2 is 1.89 bits per heavy atom. The fraction of sp³-hybridized carbons (Fsp3) is 0.154. The minimum atomic E-state index is 0.464. The summed E-state index contributed by atoms with van der Waals surface area (Å²) in [5.74, 6) is 1.64. The lowest BCUT2D eigenvalue weighted by molar-refractivity contribution is 0.405. The number of nitrogens with zero attached hydrogens (tertiary/aromatic N) is 1. The summed E-state index contributed by atoms with van der Waals surface area (Å²) in [5.41, 5.74) is 7.06. The van der Waals surface area contributed by atoms with E-state index >= 15 is 0 Å². The molecule has 100 valence electrons. The largest absolute Gasteiger partial charge is 0.495 e. The molecule has 0 saturated heterocycles. The van der Waals surface area contributed by atoms with Crippen LogP contribution in [0.25, 0.3) is 0 Å². The second kappa shape index (κ2) is 5.67. The lowest BCUT2D eigenvalue weighted by Gasteiger charge is -2.13. The van der Waals surface area contributed by atoms with Gasteiger partial charge < -0.3 is 20.5 Å². The Morgan fingerprint density at radius 1 is 1.16 bits per heavy atom. The summed E-state index contributed by atoms with van der Waals surface area (Å²) in [4.78, 5) is 4.01. The highest BCUT2D eigenvalue weighted by Gasteiger charge is 2.10. The Labute approximate surface area is 116 Å². The summed E-state index contributed by atoms with van der Waals surface area (Å²) in [5, 5.41) is 3.66. The number of nitrogen functional groups attached to an aromatic ring is 1. The van der Waals surface area contributed by atoms with Gasteiger partial charge in [0, 0.05) is 12.1 Å². The predicted octanol–water partition coefficient (Wildman–Crippen LogP) is 3.08. The first-order valence-electron chi connectivity index (χ1n) is 5.54. The maximum Gasteiger partial charge on any atom is 0.144 e. The number of hydrogen-bond donors (Lipinski definition) is 2. The van der Waals surface area contributed by atoms with Gasteiger partial charge in [-0.05, 0) is 12.1 Å². The fourth-order valence-corrected chi connectivity index (χ4v) is 1.82. The Morgan fingerprint density at radius 3 is 2.47 bits per heavy atom. The SMILES string of the molecule is COc1cc(Nc2ccc(N)nc2)c(OC)cc1Cl. The second-order valence-electron chi connectivity index (χ2n) is 3.78. The summed E-state index contributed by atoms with van der Waals surface area (Å²) < 4.78 is 10.5. The fourth-order valence-electron chi connectivity index (χ4n) is 1.59. The number of ether oxygens (including phenoxy) is 2. The predicted molar refractivity (Wildman–Crippen MR) is 76.5 cm³/mol. The van der Waals surface area contributed by atoms with Crippen LogP contribution in [0.1, 0.15) is 0 Å². The zero-order valence-electron chi connectivity index (χ0n) is 10.6. The van der Waals surface area contributed by atoms with E-state index in [1.54, 1.807) is 38.6 Å². The normalized spacial score (nSPS) is 10.1. The minimum Gasteiger partial charge on any atom is -0.495 e. The Kier molecular flexibility index (Phi) is 3.97. The molecule has 0 aliphatic heterocycles. The van der Waals surface area contributed by atoms with Gasteiger partial charge >= 0.3 is 0 Å². The zero-order valence-corrected chi connectivity index (χ0v) is 11.4. The van der Waals surface area contributed by atoms with E-state index in [1.165, 1.54) is 0 Å². The van der Waals surface area contributed by atoms with Crippen molar-refractivity contribution in [3.05, 3.63) is 35.5 Å². The molecule has 0 saturated carbocycles. The highest BCUT2D eigenvalue weighted by Crippen LogP contribution is 2.37. The number of halogens is 1. The van der Waals surface area contributed by atoms with Gasteiger partial charge in [0.05, 0.1) is 36.8 Å². The molecule has 1 aromatic carbocycles. The van der Waals surface area contributed by atoms with Crippen LogP contribution in [0.5, 0.6) is 11.5 Å². The van der Waals surface area contributed by atoms with Gasteiger partial charge in [0.25, 0.3) is 0 Å². The van der Waals surface area contributed by atoms with E-state index < -0.39 is 0 Å². The van der Waals surface area contributed by atoms with Crippen molar-refractivity contribution in [2.24, 2.45) is 0 Å². The Balaban J connectivity index is 2.35. The number of benzene rings is 1. The van der Waals surface area contributed by atoms with E-state index in [9.17, 15) is 0 Å². The van der Waals surface area contributed by atoms with Crippen LogP contribution in [0, 0.1) is 0 Å². The molecular weight excluding hydrogens is 266 g/mol. The Hall–Kier alpha value is -2.14. The van der Waals surface area contributed by atoms with Gasteiger partial charge in [-0.2, -0.15) is 0 Å². The minimum absolute atomic E-state index is 0.464. The lowest BCUT2D eigenvalue weighted by atomic mass is 10.2. The van der Waals surface area contributed by atoms with Crippen LogP contribution in [-0.4, -0.2) is 19.2 Å². The molecule has 0 fully saturated rings. The van der Waals surface area contributed by atoms with Crippen molar-refractivity contribution in [1.29, 1.82) is 0 Å². The number of hydrogen-bond acceptors (Lipinski definition) is 5. The molecule has 0 atom stereocenters. The summed E-state index contributed by atoms with van der Waals surface area (Å²) in [6.07, 6.45) is 1.63. The maximum absolute atomic E-state index is 6.04. The third kappa shape index (κ3) is 3.00. The first kappa shape index (κ1) is 13.3. The number of rotatable bonds is 4. The van der Waals surface area contributed by atoms with Gasteiger partial charge in [-0.25, -0.2) is 4.98 Å². The van der Waals surface area contributed by atoms with Crippen LogP contribution in [-0.2, 0) is 0 Å². The van der Waals surface area contributed by atoms with Gasteiger partial charge in [0.15, 0.2) is 0 Å². The molecule has 1 heterocycles. The van der Waals surface area contributed by atoms with E-state index in [-0.39, 0.29) is 0 Å². The van der Waals surface area contributed by atoms with Crippen LogP contribution < -0.4 is 20.5 Å². The summed E-state index contributed by atoms with van der Waals surface area (Å²) in [6, 6.07) is 6.98. The highest BCUT2D eigenvalue weighted by molar-refractivity contribution is 6.32. The van der Waals surface area contributed by atoms with Crippen LogP contribution in [0.2, 0.25) is 5.02 Å². The summed E-state index contributed by atoms with van der Waals surface area (Å²) in [6.45, 7) is 0. The molecule has 3 N–H and O–H groups in total. The average molecular weight is 280 g/mol. The molecule has 0 amide bonds. The van der Waals surface area contributed by atoms with E-state index in [0.717, 1.165) is 11.4 Å². The second-order valence-corrected chi connectivity index (χ2v) is 4.19. The first-order chi connectivity index (χ1) is 9.13. The van der Waals surface area contributed by atoms with Crippen molar-refractivity contribution in [3.8, 4) is 11.5 Å². The van der Waals surface area contributed by atoms with Crippen molar-refractivity contribution < 1.29 is 9.47 Å². The topological polar surface area (TPSA) is 69.4 Å². The van der Waals surface area contributed by atoms with Gasteiger partial charge in [0.2, 0.25) is 0 Å². The van der Waals surface area contributed by atoms with E-state index in [0.29, 0.717) is 22.3 Å². The van der Waals surface area contributed by atoms with Crippen molar-refractivity contribution in [2.45, 2.75) is 0 Å². The number of nitrogens with two attached hydrogens (primary N) is 1. The molecule has 0 aliphatic carbocycles. The molecule has 2 aromatic rings. The Bertz CT molecular complexity index is 573. The van der Waals surface area contributed by atoms with Gasteiger partial charge in [-0.3, -0.25) is 0 Å². The lowest BCUT2D eigenvalue weighted by Crippen LogP contribution is -1.97. The van der Waals surface area contributed by atoms with Crippen LogP contribution in [0.15, 0.2) is 30.5 Å². The third-order valence-electron chi connectivity index (χ3n) is 2.54. The first-order valence-corrected chi connectivity index (χ1v) is 5.92. The molecule has 5 nitrogen and oxygen atoms in total. The molecule has 1 aromatic heterocycles. The third-order valence-corrected chi connectivity index (χ3v) is 2.83. The monoisotopic (exact) mass is 279 g/mol. The van der Waals surface area contributed by atoms with E-state index in [4.69, 9.17) is 26.8 Å². The molecule has 0 unspecified atom stereocenters. The van der Waals surface area contributed by atoms with Gasteiger partial charge in [0.1, 0.15) is 17.3 Å². The van der Waals surface area contributed by atoms with Crippen LogP contribution in [0.3, 0.4) is 0 Å². The van der Waals surface area contributed by atoms with Gasteiger partial charge in [-0.1, -0.05) is 11.6 Å². The number of nitrogens with one attached hydrogen (secondary N) is 1. The number of anilines is 3. The quantitative estimate of drug-likeness (QED) is 0.900. The summed E-state index contributed by atoms with van der Waals surface area (Å²) in [7, 11) is 3.13. The molecule has 0 bridgehead atoms. The average Bonchev–Trinajstić information content (AvgIpc) is 2.42. The van der Waals surface area contributed by atoms with Crippen molar-refractivity contribution >= 4 is 28.8 Å². The van der Waals surface area contributed by atoms with E-state index in [2.05, 4.69) is 10.3 Å². The van der Waals surface area contributed by atoms with Crippen LogP contribution in [0.4, 0.5) is 17.2 Å². The standard InChI is InChI=1S/C13H14ClN3O2/c1-18-11-6-10(12(19-2)5-9(11)14)17-8-3-4-13(15)16-7-8/h3-7,17H,1-2H3,(H2,15,16). The van der Waals surface area contributed by atoms with Crippen molar-refractivity contribution in [3.63, 3.8) is 0 Å². The van der Waals surface area contributed by atoms with Crippen molar-refractivity contribution in [2.75, 3.05) is 25.3 Å². The molecule has 6 heteroatoms. The van der Waals surface area contributed by atoms with Crippen LogP contribution >= 0.6 is 11.6 Å². The summed E-state index contributed by atoms with van der Waals surface area (Å²) >= 11 is 6.04. The molecule has 19 heavy (non-hydrogen) atoms. The number of pyridine rings is 1. The highest BCUT2D eigenvalue weighted by atomic mass is 35.5.